The summed E-state index contributed by atoms with van der Waals surface area (Å²) in [6.07, 6.45) is 7.27. The summed E-state index contributed by atoms with van der Waals surface area (Å²) in [6, 6.07) is 7.66. The van der Waals surface area contributed by atoms with Gasteiger partial charge in [0.25, 0.3) is 5.91 Å². The minimum Gasteiger partial charge on any atom is -0.485 e. The maximum absolute atomic E-state index is 12.6. The summed E-state index contributed by atoms with van der Waals surface area (Å²) in [7, 11) is 1.92. The zero-order valence-electron chi connectivity index (χ0n) is 16.6. The van der Waals surface area contributed by atoms with Gasteiger partial charge in [-0.15, -0.1) is 0 Å². The molecular weight excluding hydrogens is 356 g/mol. The highest BCUT2D eigenvalue weighted by Gasteiger charge is 2.41. The van der Waals surface area contributed by atoms with Crippen LogP contribution in [0.1, 0.15) is 61.7 Å². The van der Waals surface area contributed by atoms with Crippen LogP contribution >= 0.6 is 0 Å². The quantitative estimate of drug-likeness (QED) is 0.864. The van der Waals surface area contributed by atoms with Crippen molar-refractivity contribution in [3.8, 4) is 5.75 Å². The van der Waals surface area contributed by atoms with Gasteiger partial charge in [0, 0.05) is 26.1 Å². The molecule has 152 valence electrons. The summed E-state index contributed by atoms with van der Waals surface area (Å²) < 4.78 is 12.0. The molecule has 1 atom stereocenters. The Morgan fingerprint density at radius 1 is 1.25 bits per heavy atom. The molecule has 6 nitrogen and oxygen atoms in total. The number of fused-ring (bicyclic) bond motifs is 1. The molecule has 1 aromatic carbocycles. The van der Waals surface area contributed by atoms with Crippen LogP contribution in [0.4, 0.5) is 0 Å². The van der Waals surface area contributed by atoms with E-state index in [1.807, 2.05) is 30.1 Å². The lowest BCUT2D eigenvalue weighted by atomic mass is 9.81. The molecule has 0 radical (unpaired) electrons. The lowest BCUT2D eigenvalue weighted by molar-refractivity contribution is -0.134. The van der Waals surface area contributed by atoms with E-state index in [1.165, 1.54) is 0 Å². The van der Waals surface area contributed by atoms with Crippen molar-refractivity contribution in [1.29, 1.82) is 0 Å². The Morgan fingerprint density at radius 3 is 2.79 bits per heavy atom. The van der Waals surface area contributed by atoms with Crippen LogP contribution in [0.25, 0.3) is 0 Å². The first-order valence-corrected chi connectivity index (χ1v) is 10.5. The van der Waals surface area contributed by atoms with Crippen LogP contribution in [-0.2, 0) is 9.53 Å². The van der Waals surface area contributed by atoms with Crippen molar-refractivity contribution in [2.24, 2.45) is 0 Å². The van der Waals surface area contributed by atoms with Gasteiger partial charge in [-0.2, -0.15) is 0 Å². The highest BCUT2D eigenvalue weighted by atomic mass is 16.5. The van der Waals surface area contributed by atoms with Crippen molar-refractivity contribution in [1.82, 2.24) is 10.2 Å². The van der Waals surface area contributed by atoms with Gasteiger partial charge < -0.3 is 19.7 Å². The molecule has 0 bridgehead atoms. The average molecular weight is 386 g/mol. The number of benzene rings is 1. The molecule has 1 aliphatic carbocycles. The fourth-order valence-electron chi connectivity index (χ4n) is 4.68. The van der Waals surface area contributed by atoms with Crippen LogP contribution < -0.4 is 10.1 Å². The fraction of sp³-hybridized carbons (Fsp3) is 0.636. The van der Waals surface area contributed by atoms with Gasteiger partial charge in [0.2, 0.25) is 5.91 Å². The van der Waals surface area contributed by atoms with Crippen molar-refractivity contribution >= 4 is 11.8 Å². The first kappa shape index (κ1) is 19.2. The molecule has 1 spiro atoms. The number of amides is 2. The molecule has 1 saturated carbocycles. The van der Waals surface area contributed by atoms with E-state index in [0.29, 0.717) is 24.3 Å². The van der Waals surface area contributed by atoms with Crippen molar-refractivity contribution < 1.29 is 19.1 Å². The highest BCUT2D eigenvalue weighted by molar-refractivity contribution is 5.97. The van der Waals surface area contributed by atoms with E-state index >= 15 is 0 Å². The minimum atomic E-state index is -0.375. The van der Waals surface area contributed by atoms with Crippen molar-refractivity contribution in [3.63, 3.8) is 0 Å². The Kier molecular flexibility index (Phi) is 5.58. The topological polar surface area (TPSA) is 67.9 Å². The zero-order chi connectivity index (χ0) is 19.6. The summed E-state index contributed by atoms with van der Waals surface area (Å²) in [5.74, 6) is 0.796. The third-order valence-corrected chi connectivity index (χ3v) is 6.54. The van der Waals surface area contributed by atoms with E-state index in [-0.39, 0.29) is 29.6 Å². The molecular formula is C22H30N2O4. The Hall–Kier alpha value is -2.08. The maximum Gasteiger partial charge on any atom is 0.255 e. The molecule has 0 unspecified atom stereocenters. The minimum absolute atomic E-state index is 0.0731. The first-order chi connectivity index (χ1) is 13.6. The first-order valence-electron chi connectivity index (χ1n) is 10.5. The normalized spacial score (nSPS) is 29.5. The van der Waals surface area contributed by atoms with E-state index in [1.54, 1.807) is 6.07 Å². The van der Waals surface area contributed by atoms with Gasteiger partial charge in [-0.05, 0) is 57.1 Å². The van der Waals surface area contributed by atoms with Crippen LogP contribution in [-0.4, -0.2) is 54.7 Å². The lowest BCUT2D eigenvalue weighted by Crippen LogP contribution is -2.51. The number of hydrogen-bond acceptors (Lipinski definition) is 4. The second kappa shape index (κ2) is 8.11. The van der Waals surface area contributed by atoms with Crippen LogP contribution in [0, 0.1) is 0 Å². The molecule has 1 saturated heterocycles. The lowest BCUT2D eigenvalue weighted by Gasteiger charge is -2.42. The van der Waals surface area contributed by atoms with E-state index in [9.17, 15) is 9.59 Å². The number of ether oxygens (including phenoxy) is 2. The molecule has 2 aliphatic heterocycles. The van der Waals surface area contributed by atoms with Crippen molar-refractivity contribution in [3.05, 3.63) is 29.8 Å². The monoisotopic (exact) mass is 386 g/mol. The van der Waals surface area contributed by atoms with Crippen molar-refractivity contribution in [2.45, 2.75) is 69.1 Å². The molecule has 1 aromatic rings. The number of hydrogen-bond donors (Lipinski definition) is 1. The van der Waals surface area contributed by atoms with Gasteiger partial charge in [0.15, 0.2) is 0 Å². The summed E-state index contributed by atoms with van der Waals surface area (Å²) >= 11 is 0. The van der Waals surface area contributed by atoms with E-state index in [0.717, 1.165) is 51.6 Å². The van der Waals surface area contributed by atoms with E-state index in [2.05, 4.69) is 5.32 Å². The molecule has 2 heterocycles. The van der Waals surface area contributed by atoms with Gasteiger partial charge in [-0.25, -0.2) is 0 Å². The molecule has 2 fully saturated rings. The second-order valence-electron chi connectivity index (χ2n) is 8.37. The summed E-state index contributed by atoms with van der Waals surface area (Å²) in [5.41, 5.74) is 0.225. The smallest absolute Gasteiger partial charge is 0.255 e. The van der Waals surface area contributed by atoms with E-state index < -0.39 is 0 Å². The average Bonchev–Trinajstić information content (AvgIpc) is 3.20. The Labute approximate surface area is 166 Å². The number of carbonyl (C=O) groups excluding carboxylic acids is 2. The zero-order valence-corrected chi connectivity index (χ0v) is 16.6. The standard InChI is InChI=1S/C22H30N2O4/c1-24(20(25)9-8-17-5-4-14-27-17)16-10-12-22(13-11-16)15-23-21(26)18-6-2-3-7-19(18)28-22/h2-3,6-7,16-17H,4-5,8-15H2,1H3,(H,23,26)/t16?,17-,22?/m1/s1. The highest BCUT2D eigenvalue weighted by Crippen LogP contribution is 2.37. The number of nitrogens with zero attached hydrogens (tertiary/aromatic N) is 1. The second-order valence-corrected chi connectivity index (χ2v) is 8.37. The van der Waals surface area contributed by atoms with Gasteiger partial charge in [0.1, 0.15) is 11.4 Å². The maximum atomic E-state index is 12.6. The number of rotatable bonds is 4. The molecule has 1 N–H and O–H groups in total. The SMILES string of the molecule is CN(C(=O)CC[C@H]1CCCO1)C1CCC2(CC1)CNC(=O)c1ccccc1O2. The molecule has 28 heavy (non-hydrogen) atoms. The van der Waals surface area contributed by atoms with Gasteiger partial charge >= 0.3 is 0 Å². The summed E-state index contributed by atoms with van der Waals surface area (Å²) in [4.78, 5) is 26.9. The van der Waals surface area contributed by atoms with Crippen LogP contribution in [0.15, 0.2) is 24.3 Å². The molecule has 3 aliphatic rings. The largest absolute Gasteiger partial charge is 0.485 e. The Balaban J connectivity index is 1.33. The van der Waals surface area contributed by atoms with Crippen LogP contribution in [0.5, 0.6) is 5.75 Å². The number of carbonyl (C=O) groups is 2. The Morgan fingerprint density at radius 2 is 2.04 bits per heavy atom. The molecule has 6 heteroatoms. The molecule has 0 aromatic heterocycles. The van der Waals surface area contributed by atoms with Crippen LogP contribution in [0.3, 0.4) is 0 Å². The third-order valence-electron chi connectivity index (χ3n) is 6.54. The predicted octanol–water partition coefficient (Wildman–Crippen LogP) is 2.91. The Bertz CT molecular complexity index is 721. The third kappa shape index (κ3) is 4.02. The van der Waals surface area contributed by atoms with Crippen molar-refractivity contribution in [2.75, 3.05) is 20.2 Å². The summed E-state index contributed by atoms with van der Waals surface area (Å²) in [6.45, 7) is 1.35. The summed E-state index contributed by atoms with van der Waals surface area (Å²) in [5, 5.41) is 3.02. The van der Waals surface area contributed by atoms with Crippen LogP contribution in [0.2, 0.25) is 0 Å². The number of para-hydroxylation sites is 1. The molecule has 4 rings (SSSR count). The molecule has 2 amide bonds. The fourth-order valence-corrected chi connectivity index (χ4v) is 4.68. The van der Waals surface area contributed by atoms with Gasteiger partial charge in [-0.1, -0.05) is 12.1 Å². The predicted molar refractivity (Wildman–Crippen MR) is 105 cm³/mol. The van der Waals surface area contributed by atoms with E-state index in [4.69, 9.17) is 9.47 Å². The van der Waals surface area contributed by atoms with Gasteiger partial charge in [0.05, 0.1) is 18.2 Å². The number of nitrogens with one attached hydrogen (secondary N) is 1. The van der Waals surface area contributed by atoms with Gasteiger partial charge in [-0.3, -0.25) is 9.59 Å².